The third-order valence-electron chi connectivity index (χ3n) is 4.65. The van der Waals surface area contributed by atoms with E-state index in [0.29, 0.717) is 18.8 Å². The molecule has 0 radical (unpaired) electrons. The number of aromatic nitrogens is 4. The average molecular weight is 361 g/mol. The minimum Gasteiger partial charge on any atom is -0.339 e. The highest BCUT2D eigenvalue weighted by Crippen LogP contribution is 2.16. The Balaban J connectivity index is 1.53. The Bertz CT molecular complexity index is 818. The predicted octanol–water partition coefficient (Wildman–Crippen LogP) is 0.486. The molecule has 0 unspecified atom stereocenters. The highest BCUT2D eigenvalue weighted by Gasteiger charge is 2.23. The summed E-state index contributed by atoms with van der Waals surface area (Å²) in [7, 11) is 1.91. The lowest BCUT2D eigenvalue weighted by Crippen LogP contribution is -2.49. The number of amides is 1. The van der Waals surface area contributed by atoms with E-state index in [9.17, 15) is 14.9 Å². The van der Waals surface area contributed by atoms with Crippen LogP contribution in [-0.4, -0.2) is 66.4 Å². The molecule has 3 rings (SSSR count). The predicted molar refractivity (Wildman–Crippen MR) is 93.4 cm³/mol. The van der Waals surface area contributed by atoms with Crippen molar-refractivity contribution in [1.29, 1.82) is 0 Å². The molecule has 1 aliphatic rings. The van der Waals surface area contributed by atoms with Gasteiger partial charge < -0.3 is 4.90 Å². The monoisotopic (exact) mass is 361 g/mol. The molecule has 0 saturated carbocycles. The smallest absolute Gasteiger partial charge is 0.309 e. The fourth-order valence-corrected chi connectivity index (χ4v) is 3.21. The maximum Gasteiger partial charge on any atom is 0.309 e. The number of carbonyl (C=O) groups excluding carboxylic acids is 1. The zero-order valence-electron chi connectivity index (χ0n) is 15.3. The normalized spacial score (nSPS) is 15.4. The minimum atomic E-state index is -0.484. The van der Waals surface area contributed by atoms with Gasteiger partial charge in [-0.25, -0.2) is 0 Å². The molecule has 3 heterocycles. The number of hydrogen-bond acceptors (Lipinski definition) is 6. The largest absolute Gasteiger partial charge is 0.339 e. The van der Waals surface area contributed by atoms with Crippen LogP contribution in [0.5, 0.6) is 0 Å². The van der Waals surface area contributed by atoms with Crippen LogP contribution in [0, 0.1) is 24.0 Å². The van der Waals surface area contributed by atoms with Crippen LogP contribution in [0.2, 0.25) is 0 Å². The van der Waals surface area contributed by atoms with Crippen molar-refractivity contribution in [3.8, 4) is 0 Å². The van der Waals surface area contributed by atoms with Gasteiger partial charge in [-0.2, -0.15) is 10.2 Å². The molecule has 0 spiro atoms. The van der Waals surface area contributed by atoms with Crippen molar-refractivity contribution in [3.63, 3.8) is 0 Å². The lowest BCUT2D eigenvalue weighted by Gasteiger charge is -2.34. The van der Waals surface area contributed by atoms with Gasteiger partial charge >= 0.3 is 5.69 Å². The Morgan fingerprint density at radius 1 is 1.15 bits per heavy atom. The summed E-state index contributed by atoms with van der Waals surface area (Å²) in [6.45, 7) is 7.28. The van der Waals surface area contributed by atoms with Crippen LogP contribution in [0.15, 0.2) is 12.4 Å². The van der Waals surface area contributed by atoms with Gasteiger partial charge in [-0.15, -0.1) is 0 Å². The van der Waals surface area contributed by atoms with E-state index in [1.807, 2.05) is 24.9 Å². The van der Waals surface area contributed by atoms with Gasteiger partial charge in [0.25, 0.3) is 0 Å². The maximum atomic E-state index is 12.4. The highest BCUT2D eigenvalue weighted by molar-refractivity contribution is 5.76. The number of piperazine rings is 1. The molecule has 10 nitrogen and oxygen atoms in total. The first kappa shape index (κ1) is 18.1. The maximum absolute atomic E-state index is 12.4. The molecule has 0 aromatic carbocycles. The van der Waals surface area contributed by atoms with Crippen molar-refractivity contribution in [2.24, 2.45) is 7.05 Å². The van der Waals surface area contributed by atoms with Gasteiger partial charge in [-0.1, -0.05) is 0 Å². The van der Waals surface area contributed by atoms with Crippen molar-refractivity contribution in [2.75, 3.05) is 26.2 Å². The van der Waals surface area contributed by atoms with Crippen LogP contribution in [-0.2, 0) is 24.9 Å². The fourth-order valence-electron chi connectivity index (χ4n) is 3.21. The second kappa shape index (κ2) is 7.24. The molecule has 0 bridgehead atoms. The molecule has 1 aliphatic heterocycles. The van der Waals surface area contributed by atoms with Gasteiger partial charge in [-0.3, -0.25) is 29.2 Å². The molecular weight excluding hydrogens is 338 g/mol. The average Bonchev–Trinajstić information content (AvgIpc) is 3.09. The van der Waals surface area contributed by atoms with Gasteiger partial charge in [-0.05, 0) is 13.8 Å². The quantitative estimate of drug-likeness (QED) is 0.567. The molecule has 26 heavy (non-hydrogen) atoms. The van der Waals surface area contributed by atoms with Crippen molar-refractivity contribution < 1.29 is 9.72 Å². The lowest BCUT2D eigenvalue weighted by molar-refractivity contribution is -0.385. The van der Waals surface area contributed by atoms with Crippen LogP contribution in [0.25, 0.3) is 0 Å². The van der Waals surface area contributed by atoms with E-state index in [1.54, 1.807) is 11.8 Å². The molecule has 1 amide bonds. The van der Waals surface area contributed by atoms with E-state index in [1.165, 1.54) is 16.4 Å². The van der Waals surface area contributed by atoms with Gasteiger partial charge in [0.05, 0.1) is 10.6 Å². The molecule has 0 aliphatic carbocycles. The fraction of sp³-hybridized carbons (Fsp3) is 0.562. The van der Waals surface area contributed by atoms with Crippen LogP contribution in [0.1, 0.15) is 17.0 Å². The second-order valence-electron chi connectivity index (χ2n) is 6.62. The molecular formula is C16H23N7O3. The summed E-state index contributed by atoms with van der Waals surface area (Å²) in [5, 5.41) is 19.3. The van der Waals surface area contributed by atoms with Crippen LogP contribution < -0.4 is 0 Å². The van der Waals surface area contributed by atoms with E-state index in [2.05, 4.69) is 15.1 Å². The minimum absolute atomic E-state index is 0.0242. The summed E-state index contributed by atoms with van der Waals surface area (Å²) in [5.41, 5.74) is 2.49. The molecule has 1 fully saturated rings. The highest BCUT2D eigenvalue weighted by atomic mass is 16.6. The molecule has 10 heteroatoms. The molecule has 2 aromatic rings. The molecule has 0 atom stereocenters. The Labute approximate surface area is 151 Å². The number of carbonyl (C=O) groups is 1. The Morgan fingerprint density at radius 3 is 2.38 bits per heavy atom. The van der Waals surface area contributed by atoms with Crippen molar-refractivity contribution >= 4 is 11.6 Å². The number of hydrogen-bond donors (Lipinski definition) is 0. The summed E-state index contributed by atoms with van der Waals surface area (Å²) in [5.74, 6) is -0.0698. The number of rotatable bonds is 5. The first-order valence-corrected chi connectivity index (χ1v) is 8.51. The standard InChI is InChI=1S/C16H23N7O3/c1-12-14(8-19(3)17-12)9-20-4-6-21(7-5-20)16(24)11-22-10-15(23(25)26)13(2)18-22/h8,10H,4-7,9,11H2,1-3H3. The van der Waals surface area contributed by atoms with Crippen LogP contribution >= 0.6 is 0 Å². The van der Waals surface area contributed by atoms with Crippen molar-refractivity contribution in [3.05, 3.63) is 39.5 Å². The third-order valence-corrected chi connectivity index (χ3v) is 4.65. The van der Waals surface area contributed by atoms with E-state index >= 15 is 0 Å². The molecule has 2 aromatic heterocycles. The first-order chi connectivity index (χ1) is 12.3. The first-order valence-electron chi connectivity index (χ1n) is 8.51. The second-order valence-corrected chi connectivity index (χ2v) is 6.62. The van der Waals surface area contributed by atoms with Gasteiger partial charge in [0.15, 0.2) is 0 Å². The van der Waals surface area contributed by atoms with E-state index in [4.69, 9.17) is 0 Å². The van der Waals surface area contributed by atoms with Gasteiger partial charge in [0, 0.05) is 51.5 Å². The molecule has 140 valence electrons. The van der Waals surface area contributed by atoms with Crippen LogP contribution in [0.3, 0.4) is 0 Å². The van der Waals surface area contributed by atoms with Crippen molar-refractivity contribution in [2.45, 2.75) is 26.9 Å². The van der Waals surface area contributed by atoms with Gasteiger partial charge in [0.2, 0.25) is 5.91 Å². The topological polar surface area (TPSA) is 102 Å². The summed E-state index contributed by atoms with van der Waals surface area (Å²) < 4.78 is 3.16. The summed E-state index contributed by atoms with van der Waals surface area (Å²) >= 11 is 0. The summed E-state index contributed by atoms with van der Waals surface area (Å²) in [6.07, 6.45) is 3.34. The van der Waals surface area contributed by atoms with Crippen LogP contribution in [0.4, 0.5) is 5.69 Å². The SMILES string of the molecule is Cc1nn(C)cc1CN1CCN(C(=O)Cn2cc([N+](=O)[O-])c(C)n2)CC1. The Hall–Kier alpha value is -2.75. The zero-order valence-corrected chi connectivity index (χ0v) is 15.3. The number of nitro groups is 1. The zero-order chi connectivity index (χ0) is 18.8. The molecule has 1 saturated heterocycles. The third kappa shape index (κ3) is 3.90. The summed E-state index contributed by atoms with van der Waals surface area (Å²) in [4.78, 5) is 26.9. The van der Waals surface area contributed by atoms with Crippen molar-refractivity contribution in [1.82, 2.24) is 29.4 Å². The number of nitrogens with zero attached hydrogens (tertiary/aromatic N) is 7. The lowest BCUT2D eigenvalue weighted by atomic mass is 10.2. The molecule has 0 N–H and O–H groups in total. The Morgan fingerprint density at radius 2 is 1.85 bits per heavy atom. The number of aryl methyl sites for hydroxylation is 3. The van der Waals surface area contributed by atoms with Gasteiger partial charge in [0.1, 0.15) is 18.4 Å². The summed E-state index contributed by atoms with van der Waals surface area (Å²) in [6, 6.07) is 0. The van der Waals surface area contributed by atoms with E-state index in [0.717, 1.165) is 25.3 Å². The van der Waals surface area contributed by atoms with E-state index < -0.39 is 4.92 Å². The van der Waals surface area contributed by atoms with E-state index in [-0.39, 0.29) is 18.1 Å². The Kier molecular flexibility index (Phi) is 5.03.